The van der Waals surface area contributed by atoms with Gasteiger partial charge in [-0.25, -0.2) is 9.78 Å². The Morgan fingerprint density at radius 2 is 2.03 bits per heavy atom. The van der Waals surface area contributed by atoms with E-state index in [1.807, 2.05) is 0 Å². The van der Waals surface area contributed by atoms with E-state index >= 15 is 0 Å². The van der Waals surface area contributed by atoms with Gasteiger partial charge in [0.15, 0.2) is 5.82 Å². The number of carbonyl (C=O) groups excluding carboxylic acids is 1. The maximum atomic E-state index is 12.6. The average molecular weight is 407 g/mol. The standard InChI is InChI=1S/C19H20F3N5O2/c20-19(21,22)14-3-4-15(24-11-14)23-10-13-5-7-18(8-6-13)12-27(17(28)29-18)16-2-1-9-25-26-16/h1-4,9,11,13H,5-8,10,12H2,(H,23,24). The topological polar surface area (TPSA) is 80.2 Å². The summed E-state index contributed by atoms with van der Waals surface area (Å²) in [6.45, 7) is 1.06. The lowest BCUT2D eigenvalue weighted by atomic mass is 9.78. The molecule has 2 aromatic rings. The van der Waals surface area contributed by atoms with Gasteiger partial charge in [0.2, 0.25) is 0 Å². The minimum absolute atomic E-state index is 0.328. The van der Waals surface area contributed by atoms with E-state index in [4.69, 9.17) is 4.74 Å². The fourth-order valence-electron chi connectivity index (χ4n) is 3.82. The predicted molar refractivity (Wildman–Crippen MR) is 98.3 cm³/mol. The third-order valence-electron chi connectivity index (χ3n) is 5.48. The number of hydrogen-bond donors (Lipinski definition) is 1. The maximum Gasteiger partial charge on any atom is 0.417 e. The monoisotopic (exact) mass is 407 g/mol. The molecule has 154 valence electrons. The van der Waals surface area contributed by atoms with Crippen LogP contribution in [0.25, 0.3) is 0 Å². The molecular weight excluding hydrogens is 387 g/mol. The number of anilines is 2. The normalized spacial score (nSPS) is 24.6. The molecule has 3 heterocycles. The van der Waals surface area contributed by atoms with Crippen molar-refractivity contribution in [1.82, 2.24) is 15.2 Å². The first-order chi connectivity index (χ1) is 13.8. The van der Waals surface area contributed by atoms with Gasteiger partial charge in [-0.2, -0.15) is 18.3 Å². The number of carbonyl (C=O) groups is 1. The van der Waals surface area contributed by atoms with Gasteiger partial charge in [0.05, 0.1) is 12.1 Å². The number of halogens is 3. The Labute approximate surface area is 165 Å². The summed E-state index contributed by atoms with van der Waals surface area (Å²) in [5.41, 5.74) is -1.28. The van der Waals surface area contributed by atoms with Gasteiger partial charge in [-0.05, 0) is 55.9 Å². The lowest BCUT2D eigenvalue weighted by Crippen LogP contribution is -2.39. The molecular formula is C19H20F3N5O2. The molecule has 2 aromatic heterocycles. The van der Waals surface area contributed by atoms with E-state index in [0.29, 0.717) is 30.6 Å². The third kappa shape index (κ3) is 4.25. The minimum Gasteiger partial charge on any atom is -0.441 e. The van der Waals surface area contributed by atoms with Gasteiger partial charge in [0, 0.05) is 18.9 Å². The molecule has 1 amide bonds. The van der Waals surface area contributed by atoms with Gasteiger partial charge >= 0.3 is 12.3 Å². The van der Waals surface area contributed by atoms with Crippen LogP contribution in [-0.2, 0) is 10.9 Å². The molecule has 1 aliphatic heterocycles. The minimum atomic E-state index is -4.39. The van der Waals surface area contributed by atoms with Crippen LogP contribution in [0.15, 0.2) is 36.7 Å². The predicted octanol–water partition coefficient (Wildman–Crippen LogP) is 3.89. The number of nitrogens with zero attached hydrogens (tertiary/aromatic N) is 4. The van der Waals surface area contributed by atoms with E-state index in [2.05, 4.69) is 20.5 Å². The molecule has 10 heteroatoms. The number of ether oxygens (including phenoxy) is 1. The Kier molecular flexibility index (Phi) is 5.01. The van der Waals surface area contributed by atoms with Crippen molar-refractivity contribution in [2.75, 3.05) is 23.3 Å². The van der Waals surface area contributed by atoms with Crippen molar-refractivity contribution in [3.8, 4) is 0 Å². The summed E-state index contributed by atoms with van der Waals surface area (Å²) < 4.78 is 43.5. The van der Waals surface area contributed by atoms with Crippen LogP contribution < -0.4 is 10.2 Å². The first kappa shape index (κ1) is 19.4. The van der Waals surface area contributed by atoms with Gasteiger partial charge < -0.3 is 10.1 Å². The molecule has 0 bridgehead atoms. The Balaban J connectivity index is 1.29. The molecule has 2 aliphatic rings. The number of amides is 1. The number of alkyl halides is 3. The largest absolute Gasteiger partial charge is 0.441 e. The van der Waals surface area contributed by atoms with Gasteiger partial charge in [0.1, 0.15) is 11.4 Å². The summed E-state index contributed by atoms with van der Waals surface area (Å²) in [5.74, 6) is 1.22. The van der Waals surface area contributed by atoms with E-state index in [9.17, 15) is 18.0 Å². The van der Waals surface area contributed by atoms with Crippen molar-refractivity contribution < 1.29 is 22.7 Å². The van der Waals surface area contributed by atoms with Crippen molar-refractivity contribution in [3.63, 3.8) is 0 Å². The number of pyridine rings is 1. The highest BCUT2D eigenvalue weighted by molar-refractivity contribution is 5.89. The van der Waals surface area contributed by atoms with Crippen LogP contribution in [0.4, 0.5) is 29.6 Å². The van der Waals surface area contributed by atoms with Crippen molar-refractivity contribution in [2.24, 2.45) is 5.92 Å². The SMILES string of the molecule is O=C1OC2(CCC(CNc3ccc(C(F)(F)F)cn3)CC2)CN1c1cccnn1. The van der Waals surface area contributed by atoms with Crippen LogP contribution in [-0.4, -0.2) is 40.0 Å². The van der Waals surface area contributed by atoms with Crippen LogP contribution in [0, 0.1) is 5.92 Å². The zero-order chi connectivity index (χ0) is 20.5. The third-order valence-corrected chi connectivity index (χ3v) is 5.48. The number of aromatic nitrogens is 3. The molecule has 1 aliphatic carbocycles. The molecule has 29 heavy (non-hydrogen) atoms. The molecule has 0 unspecified atom stereocenters. The van der Waals surface area contributed by atoms with E-state index in [-0.39, 0.29) is 0 Å². The van der Waals surface area contributed by atoms with Crippen molar-refractivity contribution in [1.29, 1.82) is 0 Å². The second-order valence-electron chi connectivity index (χ2n) is 7.47. The summed E-state index contributed by atoms with van der Waals surface area (Å²) in [7, 11) is 0. The second-order valence-corrected chi connectivity index (χ2v) is 7.47. The first-order valence-electron chi connectivity index (χ1n) is 9.40. The highest BCUT2D eigenvalue weighted by Gasteiger charge is 2.48. The Hall–Kier alpha value is -2.91. The van der Waals surface area contributed by atoms with Crippen molar-refractivity contribution in [2.45, 2.75) is 37.5 Å². The Bertz CT molecular complexity index is 852. The summed E-state index contributed by atoms with van der Waals surface area (Å²) >= 11 is 0. The van der Waals surface area contributed by atoms with Crippen LogP contribution in [0.2, 0.25) is 0 Å². The molecule has 0 aromatic carbocycles. The number of nitrogens with one attached hydrogen (secondary N) is 1. The van der Waals surface area contributed by atoms with Crippen LogP contribution >= 0.6 is 0 Å². The van der Waals surface area contributed by atoms with E-state index in [1.54, 1.807) is 18.3 Å². The summed E-state index contributed by atoms with van der Waals surface area (Å²) in [6.07, 6.45) is 0.716. The Morgan fingerprint density at radius 3 is 2.66 bits per heavy atom. The smallest absolute Gasteiger partial charge is 0.417 e. The lowest BCUT2D eigenvalue weighted by molar-refractivity contribution is -0.137. The van der Waals surface area contributed by atoms with Gasteiger partial charge in [-0.1, -0.05) is 0 Å². The highest BCUT2D eigenvalue weighted by Crippen LogP contribution is 2.40. The molecule has 2 fully saturated rings. The maximum absolute atomic E-state index is 12.6. The number of rotatable bonds is 4. The lowest BCUT2D eigenvalue weighted by Gasteiger charge is -2.35. The van der Waals surface area contributed by atoms with E-state index < -0.39 is 23.4 Å². The highest BCUT2D eigenvalue weighted by atomic mass is 19.4. The van der Waals surface area contributed by atoms with Crippen LogP contribution in [0.5, 0.6) is 0 Å². The summed E-state index contributed by atoms with van der Waals surface area (Å²) in [4.78, 5) is 17.6. The molecule has 7 nitrogen and oxygen atoms in total. The second kappa shape index (κ2) is 7.49. The molecule has 1 saturated carbocycles. The molecule has 0 radical (unpaired) electrons. The van der Waals surface area contributed by atoms with Gasteiger partial charge in [0.25, 0.3) is 0 Å². The summed E-state index contributed by atoms with van der Waals surface area (Å²) in [5, 5.41) is 10.9. The zero-order valence-electron chi connectivity index (χ0n) is 15.5. The quantitative estimate of drug-likeness (QED) is 0.828. The average Bonchev–Trinajstić information content (AvgIpc) is 3.04. The van der Waals surface area contributed by atoms with Gasteiger partial charge in [-0.3, -0.25) is 4.90 Å². The Morgan fingerprint density at radius 1 is 1.24 bits per heavy atom. The van der Waals surface area contributed by atoms with E-state index in [0.717, 1.165) is 37.9 Å². The number of hydrogen-bond acceptors (Lipinski definition) is 6. The fraction of sp³-hybridized carbons (Fsp3) is 0.474. The molecule has 0 atom stereocenters. The zero-order valence-corrected chi connectivity index (χ0v) is 15.5. The summed E-state index contributed by atoms with van der Waals surface area (Å²) in [6, 6.07) is 5.80. The van der Waals surface area contributed by atoms with Crippen molar-refractivity contribution >= 4 is 17.7 Å². The van der Waals surface area contributed by atoms with Crippen molar-refractivity contribution in [3.05, 3.63) is 42.2 Å². The molecule has 4 rings (SSSR count). The molecule has 1 N–H and O–H groups in total. The van der Waals surface area contributed by atoms with Crippen LogP contribution in [0.3, 0.4) is 0 Å². The van der Waals surface area contributed by atoms with Gasteiger partial charge in [-0.15, -0.1) is 5.10 Å². The molecule has 1 saturated heterocycles. The first-order valence-corrected chi connectivity index (χ1v) is 9.40. The fourth-order valence-corrected chi connectivity index (χ4v) is 3.82. The van der Waals surface area contributed by atoms with Crippen LogP contribution in [0.1, 0.15) is 31.2 Å². The van der Waals surface area contributed by atoms with E-state index in [1.165, 1.54) is 11.0 Å². The molecule has 1 spiro atoms.